The van der Waals surface area contributed by atoms with Gasteiger partial charge in [-0.2, -0.15) is 10.5 Å². The van der Waals surface area contributed by atoms with Crippen molar-refractivity contribution in [1.29, 1.82) is 10.5 Å². The number of rotatable bonds is 0. The van der Waals surface area contributed by atoms with Gasteiger partial charge in [-0.3, -0.25) is 0 Å². The third-order valence-corrected chi connectivity index (χ3v) is 1.34. The van der Waals surface area contributed by atoms with Gasteiger partial charge in [0.05, 0.1) is 12.6 Å². The van der Waals surface area contributed by atoms with Crippen LogP contribution in [0.15, 0.2) is 4.99 Å². The van der Waals surface area contributed by atoms with E-state index in [2.05, 4.69) is 4.99 Å². The Labute approximate surface area is 59.0 Å². The van der Waals surface area contributed by atoms with E-state index >= 15 is 0 Å². The fourth-order valence-corrected chi connectivity index (χ4v) is 0.817. The van der Waals surface area contributed by atoms with Gasteiger partial charge in [-0.15, -0.1) is 0 Å². The second kappa shape index (κ2) is 2.36. The summed E-state index contributed by atoms with van der Waals surface area (Å²) in [5, 5.41) is 16.8. The molecule has 0 bridgehead atoms. The first-order valence-electron chi connectivity index (χ1n) is 2.86. The molecule has 4 heteroatoms. The molecule has 1 atom stereocenters. The van der Waals surface area contributed by atoms with Crippen LogP contribution in [0.2, 0.25) is 0 Å². The van der Waals surface area contributed by atoms with Crippen LogP contribution >= 0.6 is 0 Å². The maximum absolute atomic E-state index is 8.42. The van der Waals surface area contributed by atoms with Crippen molar-refractivity contribution in [3.8, 4) is 12.1 Å². The van der Waals surface area contributed by atoms with Crippen molar-refractivity contribution in [2.24, 2.45) is 4.99 Å². The summed E-state index contributed by atoms with van der Waals surface area (Å²) in [7, 11) is 1.75. The molecule has 0 aromatic rings. The largest absolute Gasteiger partial charge is 0.348 e. The lowest BCUT2D eigenvalue weighted by Crippen LogP contribution is -2.22. The van der Waals surface area contributed by atoms with Gasteiger partial charge in [-0.1, -0.05) is 0 Å². The second-order valence-corrected chi connectivity index (χ2v) is 2.09. The first-order chi connectivity index (χ1) is 4.77. The monoisotopic (exact) mass is 134 g/mol. The molecule has 0 amide bonds. The Bertz CT molecular complexity index is 241. The molecule has 0 saturated heterocycles. The van der Waals surface area contributed by atoms with E-state index in [1.54, 1.807) is 11.9 Å². The van der Waals surface area contributed by atoms with E-state index in [1.807, 2.05) is 12.1 Å². The van der Waals surface area contributed by atoms with E-state index in [4.69, 9.17) is 10.5 Å². The fraction of sp³-hybridized carbons (Fsp3) is 0.500. The zero-order valence-electron chi connectivity index (χ0n) is 5.57. The lowest BCUT2D eigenvalue weighted by atomic mass is 10.3. The minimum atomic E-state index is -0.348. The van der Waals surface area contributed by atoms with E-state index in [0.29, 0.717) is 12.4 Å². The van der Waals surface area contributed by atoms with Crippen molar-refractivity contribution in [3.05, 3.63) is 0 Å². The summed E-state index contributed by atoms with van der Waals surface area (Å²) in [5.74, 6) is 0.353. The van der Waals surface area contributed by atoms with E-state index in [0.717, 1.165) is 0 Å². The average Bonchev–Trinajstić information content (AvgIpc) is 2.30. The van der Waals surface area contributed by atoms with E-state index in [1.165, 1.54) is 0 Å². The highest BCUT2D eigenvalue weighted by Crippen LogP contribution is 2.04. The van der Waals surface area contributed by atoms with Gasteiger partial charge in [-0.05, 0) is 0 Å². The van der Waals surface area contributed by atoms with Crippen LogP contribution < -0.4 is 0 Å². The van der Waals surface area contributed by atoms with Gasteiger partial charge < -0.3 is 4.90 Å². The van der Waals surface area contributed by atoms with E-state index < -0.39 is 0 Å². The molecule has 0 radical (unpaired) electrons. The lowest BCUT2D eigenvalue weighted by Gasteiger charge is -2.05. The molecular formula is C6H6N4. The second-order valence-electron chi connectivity index (χ2n) is 2.09. The number of nitriles is 2. The van der Waals surface area contributed by atoms with E-state index in [9.17, 15) is 0 Å². The molecule has 1 aliphatic rings. The quantitative estimate of drug-likeness (QED) is 0.458. The standard InChI is InChI=1S/C6H6N4/c1-10-4-5(2-7)9-6(10)3-8/h5H,4H2,1H3. The van der Waals surface area contributed by atoms with Crippen LogP contribution in [0.5, 0.6) is 0 Å². The van der Waals surface area contributed by atoms with Gasteiger partial charge in [0.1, 0.15) is 6.07 Å². The van der Waals surface area contributed by atoms with Gasteiger partial charge in [0, 0.05) is 7.05 Å². The third kappa shape index (κ3) is 0.918. The topological polar surface area (TPSA) is 63.2 Å². The van der Waals surface area contributed by atoms with Crippen molar-refractivity contribution >= 4 is 5.84 Å². The molecule has 0 aromatic carbocycles. The number of nitrogens with zero attached hydrogens (tertiary/aromatic N) is 4. The molecule has 0 aromatic heterocycles. The van der Waals surface area contributed by atoms with Crippen molar-refractivity contribution < 1.29 is 0 Å². The fourth-order valence-electron chi connectivity index (χ4n) is 0.817. The smallest absolute Gasteiger partial charge is 0.205 e. The molecule has 0 fully saturated rings. The van der Waals surface area contributed by atoms with Gasteiger partial charge >= 0.3 is 0 Å². The molecule has 0 N–H and O–H groups in total. The highest BCUT2D eigenvalue weighted by molar-refractivity contribution is 5.97. The van der Waals surface area contributed by atoms with Gasteiger partial charge in [0.25, 0.3) is 0 Å². The van der Waals surface area contributed by atoms with Crippen LogP contribution in [0.4, 0.5) is 0 Å². The predicted molar refractivity (Wildman–Crippen MR) is 35.1 cm³/mol. The first kappa shape index (κ1) is 6.57. The summed E-state index contributed by atoms with van der Waals surface area (Å²) in [6.45, 7) is 0.541. The average molecular weight is 134 g/mol. The van der Waals surface area contributed by atoms with Crippen molar-refractivity contribution in [1.82, 2.24) is 4.90 Å². The summed E-state index contributed by atoms with van der Waals surface area (Å²) >= 11 is 0. The van der Waals surface area contributed by atoms with Gasteiger partial charge in [0.15, 0.2) is 6.04 Å². The van der Waals surface area contributed by atoms with Crippen LogP contribution in [0, 0.1) is 22.7 Å². The Morgan fingerprint density at radius 1 is 1.70 bits per heavy atom. The number of likely N-dealkylation sites (N-methyl/N-ethyl adjacent to an activating group) is 1. The summed E-state index contributed by atoms with van der Waals surface area (Å²) in [4.78, 5) is 5.50. The number of amidine groups is 1. The molecule has 1 aliphatic heterocycles. The van der Waals surface area contributed by atoms with Crippen molar-refractivity contribution in [3.63, 3.8) is 0 Å². The number of aliphatic imine (C=N–C) groups is 1. The zero-order valence-corrected chi connectivity index (χ0v) is 5.57. The van der Waals surface area contributed by atoms with Crippen molar-refractivity contribution in [2.75, 3.05) is 13.6 Å². The minimum Gasteiger partial charge on any atom is -0.348 e. The Kier molecular flexibility index (Phi) is 1.55. The lowest BCUT2D eigenvalue weighted by molar-refractivity contribution is 0.535. The van der Waals surface area contributed by atoms with Crippen LogP contribution in [0.3, 0.4) is 0 Å². The number of hydrogen-bond donors (Lipinski definition) is 0. The molecule has 1 unspecified atom stereocenters. The summed E-state index contributed by atoms with van der Waals surface area (Å²) in [6, 6.07) is 3.53. The predicted octanol–water partition coefficient (Wildman–Crippen LogP) is -0.254. The molecular weight excluding hydrogens is 128 g/mol. The molecule has 0 spiro atoms. The molecule has 50 valence electrons. The Morgan fingerprint density at radius 2 is 2.40 bits per heavy atom. The molecule has 1 heterocycles. The molecule has 0 aliphatic carbocycles. The molecule has 1 rings (SSSR count). The maximum Gasteiger partial charge on any atom is 0.205 e. The molecule has 4 nitrogen and oxygen atoms in total. The molecule has 10 heavy (non-hydrogen) atoms. The summed E-state index contributed by atoms with van der Waals surface area (Å²) in [5.41, 5.74) is 0. The Balaban J connectivity index is 2.77. The highest BCUT2D eigenvalue weighted by atomic mass is 15.2. The third-order valence-electron chi connectivity index (χ3n) is 1.34. The minimum absolute atomic E-state index is 0.348. The zero-order chi connectivity index (χ0) is 7.56. The van der Waals surface area contributed by atoms with Gasteiger partial charge in [0.2, 0.25) is 5.84 Å². The van der Waals surface area contributed by atoms with Crippen LogP contribution in [0.25, 0.3) is 0 Å². The van der Waals surface area contributed by atoms with Crippen molar-refractivity contribution in [2.45, 2.75) is 6.04 Å². The first-order valence-corrected chi connectivity index (χ1v) is 2.86. The number of hydrogen-bond acceptors (Lipinski definition) is 4. The van der Waals surface area contributed by atoms with Crippen LogP contribution in [-0.4, -0.2) is 30.4 Å². The Morgan fingerprint density at radius 3 is 2.70 bits per heavy atom. The maximum atomic E-state index is 8.42. The normalized spacial score (nSPS) is 23.3. The Hall–Kier alpha value is -1.55. The van der Waals surface area contributed by atoms with Crippen LogP contribution in [0.1, 0.15) is 0 Å². The summed E-state index contributed by atoms with van der Waals surface area (Å²) in [6.07, 6.45) is 0. The van der Waals surface area contributed by atoms with Crippen LogP contribution in [-0.2, 0) is 0 Å². The SMILES string of the molecule is CN1CC(C#N)N=C1C#N. The van der Waals surface area contributed by atoms with Gasteiger partial charge in [-0.25, -0.2) is 4.99 Å². The summed E-state index contributed by atoms with van der Waals surface area (Å²) < 4.78 is 0. The molecule has 0 saturated carbocycles. The van der Waals surface area contributed by atoms with E-state index in [-0.39, 0.29) is 6.04 Å². The highest BCUT2D eigenvalue weighted by Gasteiger charge is 2.20.